The number of nitrogens with one attached hydrogen (secondary N) is 1. The zero-order valence-electron chi connectivity index (χ0n) is 10.6. The Kier molecular flexibility index (Phi) is 5.07. The third kappa shape index (κ3) is 3.44. The van der Waals surface area contributed by atoms with Gasteiger partial charge in [0.15, 0.2) is 0 Å². The summed E-state index contributed by atoms with van der Waals surface area (Å²) in [6.07, 6.45) is 6.47. The van der Waals surface area contributed by atoms with Crippen molar-refractivity contribution in [2.75, 3.05) is 32.8 Å². The van der Waals surface area contributed by atoms with Crippen LogP contribution in [0, 0.1) is 0 Å². The number of rotatable bonds is 4. The zero-order valence-corrected chi connectivity index (χ0v) is 10.6. The third-order valence-electron chi connectivity index (χ3n) is 3.87. The molecule has 0 aromatic heterocycles. The predicted molar refractivity (Wildman–Crippen MR) is 66.7 cm³/mol. The van der Waals surface area contributed by atoms with Crippen LogP contribution in [0.1, 0.15) is 39.0 Å². The summed E-state index contributed by atoms with van der Waals surface area (Å²) in [4.78, 5) is 2.64. The van der Waals surface area contributed by atoms with Crippen LogP contribution in [0.2, 0.25) is 0 Å². The fourth-order valence-electron chi connectivity index (χ4n) is 2.83. The molecule has 2 saturated heterocycles. The van der Waals surface area contributed by atoms with Crippen LogP contribution in [0.15, 0.2) is 0 Å². The summed E-state index contributed by atoms with van der Waals surface area (Å²) >= 11 is 0. The molecule has 1 unspecified atom stereocenters. The number of hydrogen-bond donors (Lipinski definition) is 1. The van der Waals surface area contributed by atoms with Gasteiger partial charge in [-0.1, -0.05) is 6.92 Å². The van der Waals surface area contributed by atoms with E-state index < -0.39 is 0 Å². The lowest BCUT2D eigenvalue weighted by atomic mass is 10.0. The number of hydrogen-bond acceptors (Lipinski definition) is 3. The third-order valence-corrected chi connectivity index (χ3v) is 3.87. The first kappa shape index (κ1) is 12.3. The molecule has 2 rings (SSSR count). The van der Waals surface area contributed by atoms with Gasteiger partial charge >= 0.3 is 0 Å². The van der Waals surface area contributed by atoms with Gasteiger partial charge in [0.05, 0.1) is 6.61 Å². The van der Waals surface area contributed by atoms with Crippen LogP contribution >= 0.6 is 0 Å². The largest absolute Gasteiger partial charge is 0.380 e. The lowest BCUT2D eigenvalue weighted by Gasteiger charge is -2.39. The van der Waals surface area contributed by atoms with Gasteiger partial charge < -0.3 is 10.1 Å². The van der Waals surface area contributed by atoms with E-state index in [0.29, 0.717) is 6.04 Å². The fraction of sp³-hybridized carbons (Fsp3) is 1.00. The molecule has 0 spiro atoms. The van der Waals surface area contributed by atoms with Gasteiger partial charge in [0.1, 0.15) is 0 Å². The molecular weight excluding hydrogens is 200 g/mol. The molecule has 0 aromatic rings. The maximum absolute atomic E-state index is 5.57. The van der Waals surface area contributed by atoms with Gasteiger partial charge in [-0.25, -0.2) is 0 Å². The van der Waals surface area contributed by atoms with Crippen LogP contribution in [0.25, 0.3) is 0 Å². The van der Waals surface area contributed by atoms with E-state index in [1.807, 2.05) is 0 Å². The summed E-state index contributed by atoms with van der Waals surface area (Å²) in [6, 6.07) is 1.47. The fourth-order valence-corrected chi connectivity index (χ4v) is 2.83. The second-order valence-corrected chi connectivity index (χ2v) is 5.14. The van der Waals surface area contributed by atoms with Gasteiger partial charge in [-0.3, -0.25) is 4.90 Å². The number of ether oxygens (including phenoxy) is 1. The Bertz CT molecular complexity index is 184. The van der Waals surface area contributed by atoms with Crippen molar-refractivity contribution >= 4 is 0 Å². The average Bonchev–Trinajstić information content (AvgIpc) is 2.38. The molecule has 0 aliphatic carbocycles. The van der Waals surface area contributed by atoms with Crippen LogP contribution in [0.5, 0.6) is 0 Å². The van der Waals surface area contributed by atoms with Gasteiger partial charge in [0.2, 0.25) is 0 Å². The molecule has 2 aliphatic rings. The maximum atomic E-state index is 5.57. The second kappa shape index (κ2) is 6.58. The standard InChI is InChI=1S/C13H26N2O/c1-2-7-14-12-5-8-15(9-6-12)13-4-3-10-16-11-13/h12-14H,2-11H2,1H3. The van der Waals surface area contributed by atoms with Crippen molar-refractivity contribution < 1.29 is 4.74 Å². The molecule has 0 bridgehead atoms. The SMILES string of the molecule is CCCNC1CCN(C2CCCOC2)CC1. The van der Waals surface area contributed by atoms with E-state index in [9.17, 15) is 0 Å². The Balaban J connectivity index is 1.67. The molecule has 3 heteroatoms. The molecule has 1 atom stereocenters. The van der Waals surface area contributed by atoms with Gasteiger partial charge in [0, 0.05) is 31.8 Å². The molecule has 94 valence electrons. The molecule has 0 amide bonds. The van der Waals surface area contributed by atoms with Crippen LogP contribution in [-0.4, -0.2) is 49.8 Å². The van der Waals surface area contributed by atoms with E-state index in [1.54, 1.807) is 0 Å². The Morgan fingerprint density at radius 2 is 2.06 bits per heavy atom. The van der Waals surface area contributed by atoms with Crippen LogP contribution in [-0.2, 0) is 4.74 Å². The quantitative estimate of drug-likeness (QED) is 0.788. The Morgan fingerprint density at radius 3 is 2.69 bits per heavy atom. The Hall–Kier alpha value is -0.120. The van der Waals surface area contributed by atoms with E-state index in [2.05, 4.69) is 17.1 Å². The minimum Gasteiger partial charge on any atom is -0.380 e. The molecular formula is C13H26N2O. The van der Waals surface area contributed by atoms with E-state index in [-0.39, 0.29) is 0 Å². The van der Waals surface area contributed by atoms with Crippen molar-refractivity contribution in [1.82, 2.24) is 10.2 Å². The van der Waals surface area contributed by atoms with Crippen molar-refractivity contribution in [3.63, 3.8) is 0 Å². The predicted octanol–water partition coefficient (Wildman–Crippen LogP) is 1.63. The van der Waals surface area contributed by atoms with Gasteiger partial charge in [-0.2, -0.15) is 0 Å². The minimum absolute atomic E-state index is 0.709. The Labute approximate surface area is 99.5 Å². The maximum Gasteiger partial charge on any atom is 0.0621 e. The van der Waals surface area contributed by atoms with Crippen molar-refractivity contribution in [3.05, 3.63) is 0 Å². The summed E-state index contributed by atoms with van der Waals surface area (Å²) in [5, 5.41) is 3.64. The van der Waals surface area contributed by atoms with Gasteiger partial charge in [-0.15, -0.1) is 0 Å². The Morgan fingerprint density at radius 1 is 1.25 bits per heavy atom. The van der Waals surface area contributed by atoms with Crippen molar-refractivity contribution in [3.8, 4) is 0 Å². The van der Waals surface area contributed by atoms with Crippen molar-refractivity contribution in [2.45, 2.75) is 51.1 Å². The molecule has 16 heavy (non-hydrogen) atoms. The molecule has 1 N–H and O–H groups in total. The highest BCUT2D eigenvalue weighted by Gasteiger charge is 2.26. The molecule has 2 aliphatic heterocycles. The van der Waals surface area contributed by atoms with Crippen molar-refractivity contribution in [1.29, 1.82) is 0 Å². The lowest BCUT2D eigenvalue weighted by Crippen LogP contribution is -2.49. The first-order valence-electron chi connectivity index (χ1n) is 6.95. The van der Waals surface area contributed by atoms with E-state index >= 15 is 0 Å². The average molecular weight is 226 g/mol. The lowest BCUT2D eigenvalue weighted by molar-refractivity contribution is 0.00765. The summed E-state index contributed by atoms with van der Waals surface area (Å²) in [5.41, 5.74) is 0. The summed E-state index contributed by atoms with van der Waals surface area (Å²) in [6.45, 7) is 7.88. The van der Waals surface area contributed by atoms with Crippen molar-refractivity contribution in [2.24, 2.45) is 0 Å². The van der Waals surface area contributed by atoms with Crippen LogP contribution < -0.4 is 5.32 Å². The van der Waals surface area contributed by atoms with Crippen LogP contribution in [0.4, 0.5) is 0 Å². The topological polar surface area (TPSA) is 24.5 Å². The molecule has 2 fully saturated rings. The van der Waals surface area contributed by atoms with Gasteiger partial charge in [-0.05, 0) is 38.6 Å². The molecule has 0 saturated carbocycles. The van der Waals surface area contributed by atoms with E-state index in [0.717, 1.165) is 19.3 Å². The molecule has 0 radical (unpaired) electrons. The number of nitrogens with zero attached hydrogens (tertiary/aromatic N) is 1. The number of piperidine rings is 1. The highest BCUT2D eigenvalue weighted by Crippen LogP contribution is 2.18. The smallest absolute Gasteiger partial charge is 0.0621 e. The first-order chi connectivity index (χ1) is 7.90. The second-order valence-electron chi connectivity index (χ2n) is 5.14. The monoisotopic (exact) mass is 226 g/mol. The van der Waals surface area contributed by atoms with E-state index in [1.165, 1.54) is 51.7 Å². The summed E-state index contributed by atoms with van der Waals surface area (Å²) in [7, 11) is 0. The summed E-state index contributed by atoms with van der Waals surface area (Å²) < 4.78 is 5.57. The molecule has 3 nitrogen and oxygen atoms in total. The van der Waals surface area contributed by atoms with Gasteiger partial charge in [0.25, 0.3) is 0 Å². The molecule has 2 heterocycles. The summed E-state index contributed by atoms with van der Waals surface area (Å²) in [5.74, 6) is 0. The number of likely N-dealkylation sites (tertiary alicyclic amines) is 1. The normalized spacial score (nSPS) is 29.4. The zero-order chi connectivity index (χ0) is 11.2. The first-order valence-corrected chi connectivity index (χ1v) is 6.95. The minimum atomic E-state index is 0.709. The molecule has 0 aromatic carbocycles. The highest BCUT2D eigenvalue weighted by atomic mass is 16.5. The van der Waals surface area contributed by atoms with Crippen LogP contribution in [0.3, 0.4) is 0 Å². The van der Waals surface area contributed by atoms with E-state index in [4.69, 9.17) is 4.74 Å². The highest BCUT2D eigenvalue weighted by molar-refractivity contribution is 4.82.